The van der Waals surface area contributed by atoms with E-state index in [2.05, 4.69) is 77.9 Å². The topological polar surface area (TPSA) is 286 Å². The van der Waals surface area contributed by atoms with E-state index in [-0.39, 0.29) is 18.5 Å². The minimum atomic E-state index is -3.11. The Balaban J connectivity index is 0.00000100. The maximum absolute atomic E-state index is 9.77. The summed E-state index contributed by atoms with van der Waals surface area (Å²) in [4.78, 5) is 20.7. The fraction of sp³-hybridized carbons (Fsp3) is 0.359. The molecule has 0 saturated heterocycles. The number of azo groups is 2. The average Bonchev–Trinajstić information content (AvgIpc) is 4.10. The number of nitrogens with zero attached hydrogens (tertiary/aromatic N) is 11. The zero-order chi connectivity index (χ0) is 49.5. The number of ether oxygens (including phenoxy) is 2. The minimum absolute atomic E-state index is 0.0583. The van der Waals surface area contributed by atoms with Crippen molar-refractivity contribution in [1.82, 2.24) is 23.7 Å². The summed E-state index contributed by atoms with van der Waals surface area (Å²) in [6.45, 7) is 15.4. The van der Waals surface area contributed by atoms with Gasteiger partial charge in [0.15, 0.2) is 15.2 Å². The summed E-state index contributed by atoms with van der Waals surface area (Å²) < 4.78 is 71.6. The van der Waals surface area contributed by atoms with Crippen molar-refractivity contribution in [1.29, 1.82) is 0 Å². The molecule has 2 aromatic carbocycles. The van der Waals surface area contributed by atoms with Gasteiger partial charge in [-0.2, -0.15) is 23.7 Å². The van der Waals surface area contributed by atoms with Gasteiger partial charge < -0.3 is 35.0 Å². The molecule has 0 fully saturated rings. The van der Waals surface area contributed by atoms with E-state index in [4.69, 9.17) is 59.9 Å². The van der Waals surface area contributed by atoms with Crippen LogP contribution in [0.3, 0.4) is 0 Å². The third-order valence-electron chi connectivity index (χ3n) is 9.50. The Hall–Kier alpha value is -5.82. The largest absolute Gasteiger partial charge is 0.494 e. The molecule has 0 atom stereocenters. The van der Waals surface area contributed by atoms with E-state index in [1.165, 1.54) is 34.8 Å². The van der Waals surface area contributed by atoms with Gasteiger partial charge in [0.1, 0.15) is 32.5 Å². The first kappa shape index (κ1) is 53.1. The Bertz CT molecular complexity index is 2920. The van der Waals surface area contributed by atoms with Crippen molar-refractivity contribution in [3.8, 4) is 11.5 Å². The van der Waals surface area contributed by atoms with Gasteiger partial charge in [0.25, 0.3) is 0 Å². The molecule has 0 spiro atoms. The first-order valence-electron chi connectivity index (χ1n) is 20.2. The Labute approximate surface area is 414 Å². The van der Waals surface area contributed by atoms with Crippen LogP contribution in [0.15, 0.2) is 60.6 Å². The fourth-order valence-corrected chi connectivity index (χ4v) is 10.7. The molecule has 3 N–H and O–H groups in total. The van der Waals surface area contributed by atoms with Gasteiger partial charge in [-0.15, -0.1) is 68.4 Å². The molecule has 5 aromatic heterocycles. The molecule has 0 unspecified atom stereocenters. The number of aliphatic hydroxyl groups is 1. The number of benzene rings is 2. The third-order valence-corrected chi connectivity index (χ3v) is 14.0. The highest BCUT2D eigenvalue weighted by Crippen LogP contribution is 2.45. The van der Waals surface area contributed by atoms with E-state index in [0.717, 1.165) is 79.1 Å². The van der Waals surface area contributed by atoms with E-state index in [1.54, 1.807) is 36.9 Å². The molecule has 0 aliphatic rings. The van der Waals surface area contributed by atoms with Crippen molar-refractivity contribution < 1.29 is 39.8 Å². The number of anilines is 6. The lowest BCUT2D eigenvalue weighted by Crippen LogP contribution is -2.22. The summed E-state index contributed by atoms with van der Waals surface area (Å²) in [5.41, 5.74) is 6.17. The van der Waals surface area contributed by atoms with Gasteiger partial charge in [-0.25, -0.2) is 0 Å². The predicted molar refractivity (Wildman–Crippen MR) is 270 cm³/mol. The molecule has 68 heavy (non-hydrogen) atoms. The first-order chi connectivity index (χ1) is 32.7. The van der Waals surface area contributed by atoms with Crippen molar-refractivity contribution in [2.45, 2.75) is 46.7 Å². The summed E-state index contributed by atoms with van der Waals surface area (Å²) in [6.07, 6.45) is 0. The molecule has 7 aromatic rings. The van der Waals surface area contributed by atoms with Crippen LogP contribution in [-0.4, -0.2) is 107 Å². The van der Waals surface area contributed by atoms with Crippen LogP contribution < -0.4 is 29.9 Å². The lowest BCUT2D eigenvalue weighted by molar-refractivity contribution is 0.322. The summed E-state index contributed by atoms with van der Waals surface area (Å²) >= 11 is 7.10. The van der Waals surface area contributed by atoms with Crippen LogP contribution in [0.2, 0.25) is 0 Å². The van der Waals surface area contributed by atoms with Crippen molar-refractivity contribution in [2.75, 3.05) is 73.2 Å². The quantitative estimate of drug-likeness (QED) is 0.0501. The number of aliphatic hydroxyl groups excluding tert-OH is 1. The SMILES string of the molecule is CCN(CC)c1cc(Nc2nc(Nc3cc(N(CC)CC)c(OC)cc3N=Nc3snc4scc(C)c34)nc(SCCO)n2)c(N=Nc2snc3scc(C)c23)cc1OC.O=S(=O)=O.O=S(=O)=O. The number of hydrogen-bond acceptors (Lipinski definition) is 27. The maximum atomic E-state index is 9.77. The van der Waals surface area contributed by atoms with Gasteiger partial charge in [-0.1, -0.05) is 11.8 Å². The normalized spacial score (nSPS) is 11.1. The highest BCUT2D eigenvalue weighted by Gasteiger charge is 2.21. The molecule has 0 aliphatic carbocycles. The summed E-state index contributed by atoms with van der Waals surface area (Å²) in [7, 11) is -2.93. The Kier molecular flexibility index (Phi) is 19.9. The van der Waals surface area contributed by atoms with E-state index in [1.807, 2.05) is 38.1 Å². The number of aromatic nitrogens is 5. The zero-order valence-corrected chi connectivity index (χ0v) is 43.4. The summed E-state index contributed by atoms with van der Waals surface area (Å²) in [5, 5.41) is 43.5. The lowest BCUT2D eigenvalue weighted by Gasteiger charge is -2.25. The highest BCUT2D eigenvalue weighted by molar-refractivity contribution is 7.99. The Morgan fingerprint density at radius 1 is 0.647 bits per heavy atom. The van der Waals surface area contributed by atoms with E-state index in [9.17, 15) is 5.11 Å². The average molecular weight is 1060 g/mol. The Morgan fingerprint density at radius 3 is 1.40 bits per heavy atom. The van der Waals surface area contributed by atoms with Crippen molar-refractivity contribution >= 4 is 155 Å². The molecule has 0 radical (unpaired) electrons. The van der Waals surface area contributed by atoms with Crippen LogP contribution in [0.1, 0.15) is 38.8 Å². The standard InChI is InChI=1S/C39H45N13O3S5.2O3S/c1-9-51(10-2)27-15-23(25(17-29(27)54-7)45-47-33-31-21(5)19-57-35(31)49-59-33)40-37-42-38(44-39(43-37)56-14-13-53)41-24-16-28(52(11-3)12-4)30(55-8)18-26(24)46-48-34-32-22(6)20-58-36(32)50-60-34;2*1-4(2)3/h15-20,53H,9-14H2,1-8H3,(H2,40,41,42,43,44);;. The van der Waals surface area contributed by atoms with Crippen LogP contribution in [0.4, 0.5) is 56.0 Å². The predicted octanol–water partition coefficient (Wildman–Crippen LogP) is 9.93. The van der Waals surface area contributed by atoms with Gasteiger partial charge in [0.05, 0.1) is 54.3 Å². The summed E-state index contributed by atoms with van der Waals surface area (Å²) in [5.74, 6) is 2.16. The van der Waals surface area contributed by atoms with Crippen molar-refractivity contribution in [2.24, 2.45) is 20.5 Å². The second kappa shape index (κ2) is 25.5. The number of thioether (sulfide) groups is 1. The number of aryl methyl sites for hydroxylation is 2. The monoisotopic (exact) mass is 1060 g/mol. The van der Waals surface area contributed by atoms with Crippen molar-refractivity contribution in [3.63, 3.8) is 0 Å². The molecule has 0 amide bonds. The molecule has 0 saturated carbocycles. The minimum Gasteiger partial charge on any atom is -0.494 e. The number of fused-ring (bicyclic) bond motifs is 2. The summed E-state index contributed by atoms with van der Waals surface area (Å²) in [6, 6.07) is 7.66. The zero-order valence-electron chi connectivity index (χ0n) is 37.7. The number of rotatable bonds is 19. The van der Waals surface area contributed by atoms with Gasteiger partial charge in [0.2, 0.25) is 11.9 Å². The van der Waals surface area contributed by atoms with Crippen LogP contribution in [0, 0.1) is 13.8 Å². The molecule has 29 heteroatoms. The molecular weight excluding hydrogens is 1020 g/mol. The Morgan fingerprint density at radius 2 is 1.04 bits per heavy atom. The van der Waals surface area contributed by atoms with Crippen LogP contribution >= 0.6 is 57.5 Å². The molecule has 0 bridgehead atoms. The van der Waals surface area contributed by atoms with Gasteiger partial charge >= 0.3 is 21.2 Å². The van der Waals surface area contributed by atoms with Gasteiger partial charge in [-0.05, 0) is 98.6 Å². The van der Waals surface area contributed by atoms with E-state index < -0.39 is 21.2 Å². The molecular formula is C39H45N13O9S7. The number of methoxy groups -OCH3 is 2. The fourth-order valence-electron chi connectivity index (χ4n) is 6.45. The van der Waals surface area contributed by atoms with E-state index in [0.29, 0.717) is 45.2 Å². The third kappa shape index (κ3) is 13.7. The van der Waals surface area contributed by atoms with Crippen LogP contribution in [-0.2, 0) is 21.2 Å². The smallest absolute Gasteiger partial charge is 0.425 e. The molecule has 362 valence electrons. The number of hydrogen-bond donors (Lipinski definition) is 3. The highest BCUT2D eigenvalue weighted by atomic mass is 32.2. The second-order valence-corrected chi connectivity index (χ2v) is 18.6. The van der Waals surface area contributed by atoms with Crippen LogP contribution in [0.25, 0.3) is 20.4 Å². The van der Waals surface area contributed by atoms with Crippen molar-refractivity contribution in [3.05, 3.63) is 46.2 Å². The first-order valence-corrected chi connectivity index (χ1v) is 26.5. The molecule has 7 rings (SSSR count). The number of thiophene rings is 2. The molecule has 0 aliphatic heterocycles. The second-order valence-electron chi connectivity index (χ2n) is 13.5. The maximum Gasteiger partial charge on any atom is 0.425 e. The molecule has 22 nitrogen and oxygen atoms in total. The van der Waals surface area contributed by atoms with E-state index >= 15 is 0 Å². The molecule has 5 heterocycles. The van der Waals surface area contributed by atoms with Crippen LogP contribution in [0.5, 0.6) is 11.5 Å². The van der Waals surface area contributed by atoms with Gasteiger partial charge in [-0.3, -0.25) is 0 Å². The van der Waals surface area contributed by atoms with Gasteiger partial charge in [0, 0.05) is 44.1 Å². The lowest BCUT2D eigenvalue weighted by atomic mass is 10.2. The number of nitrogens with one attached hydrogen (secondary N) is 2.